The van der Waals surface area contributed by atoms with Gasteiger partial charge in [-0.3, -0.25) is 10.1 Å². The van der Waals surface area contributed by atoms with Gasteiger partial charge < -0.3 is 0 Å². The van der Waals surface area contributed by atoms with Gasteiger partial charge in [-0.15, -0.1) is 0 Å². The van der Waals surface area contributed by atoms with E-state index >= 15 is 0 Å². The van der Waals surface area contributed by atoms with Crippen LogP contribution in [-0.2, 0) is 9.84 Å². The lowest BCUT2D eigenvalue weighted by molar-refractivity contribution is -0.387. The third-order valence-electron chi connectivity index (χ3n) is 1.66. The number of halogens is 1. The number of hydrogen-bond acceptors (Lipinski definition) is 4. The number of hydrogen-bond donors (Lipinski definition) is 0. The summed E-state index contributed by atoms with van der Waals surface area (Å²) in [6.45, 7) is 3.05. The second-order valence-corrected chi connectivity index (χ2v) is 4.48. The molecule has 0 fully saturated rings. The molecule has 1 rings (SSSR count). The van der Waals surface area contributed by atoms with Crippen molar-refractivity contribution in [1.82, 2.24) is 0 Å². The van der Waals surface area contributed by atoms with Crippen LogP contribution in [0.25, 0.3) is 0 Å². The molecule has 0 aromatic heterocycles. The maximum absolute atomic E-state index is 13.0. The van der Waals surface area contributed by atoms with Gasteiger partial charge in [0.25, 0.3) is 0 Å². The molecule has 80 valence electrons. The summed E-state index contributed by atoms with van der Waals surface area (Å²) in [5, 5.41) is 10.9. The zero-order valence-corrected chi connectivity index (χ0v) is 8.20. The van der Waals surface area contributed by atoms with E-state index in [4.69, 9.17) is 0 Å². The summed E-state index contributed by atoms with van der Waals surface area (Å²) < 4.78 is 35.4. The van der Waals surface area contributed by atoms with Crippen molar-refractivity contribution in [2.24, 2.45) is 0 Å². The third-order valence-corrected chi connectivity index (χ3v) is 3.01. The summed E-state index contributed by atoms with van der Waals surface area (Å²) in [5.74, 6) is -1.19. The Balaban J connectivity index is 3.36. The highest BCUT2D eigenvalue weighted by Crippen LogP contribution is 2.21. The molecular weight excluding hydrogens is 225 g/mol. The van der Waals surface area contributed by atoms with Crippen LogP contribution in [0.5, 0.6) is 0 Å². The van der Waals surface area contributed by atoms with Crippen LogP contribution in [-0.4, -0.2) is 13.3 Å². The Morgan fingerprint density at radius 1 is 1.47 bits per heavy atom. The van der Waals surface area contributed by atoms with Gasteiger partial charge in [0.2, 0.25) is 5.82 Å². The molecule has 1 aromatic rings. The lowest BCUT2D eigenvalue weighted by atomic mass is 10.3. The first-order chi connectivity index (χ1) is 6.88. The number of nitrogens with zero attached hydrogens (tertiary/aromatic N) is 1. The molecule has 0 saturated carbocycles. The van der Waals surface area contributed by atoms with E-state index in [0.29, 0.717) is 11.5 Å². The van der Waals surface area contributed by atoms with Gasteiger partial charge in [0, 0.05) is 11.5 Å². The van der Waals surface area contributed by atoms with Crippen LogP contribution < -0.4 is 0 Å². The zero-order chi connectivity index (χ0) is 11.6. The van der Waals surface area contributed by atoms with E-state index in [2.05, 4.69) is 6.58 Å². The fourth-order valence-corrected chi connectivity index (χ4v) is 1.63. The van der Waals surface area contributed by atoms with Gasteiger partial charge in [0.15, 0.2) is 9.84 Å². The van der Waals surface area contributed by atoms with Gasteiger partial charge in [-0.05, 0) is 12.1 Å². The summed E-state index contributed by atoms with van der Waals surface area (Å²) in [7, 11) is -3.76. The number of nitro benzene ring substituents is 1. The smallest absolute Gasteiger partial charge is 0.258 e. The maximum Gasteiger partial charge on any atom is 0.304 e. The molecule has 0 radical (unpaired) electrons. The molecule has 0 saturated heterocycles. The lowest BCUT2D eigenvalue weighted by Crippen LogP contribution is -1.99. The van der Waals surface area contributed by atoms with E-state index < -0.39 is 26.3 Å². The summed E-state index contributed by atoms with van der Waals surface area (Å²) in [5.41, 5.74) is -0.766. The normalized spacial score (nSPS) is 11.0. The molecule has 7 heteroatoms. The second-order valence-electron chi connectivity index (χ2n) is 2.58. The van der Waals surface area contributed by atoms with Gasteiger partial charge in [0.1, 0.15) is 0 Å². The minimum Gasteiger partial charge on any atom is -0.258 e. The molecule has 0 aliphatic heterocycles. The van der Waals surface area contributed by atoms with Crippen LogP contribution in [0.3, 0.4) is 0 Å². The number of benzene rings is 1. The largest absolute Gasteiger partial charge is 0.304 e. The van der Waals surface area contributed by atoms with Gasteiger partial charge in [-0.2, -0.15) is 4.39 Å². The highest BCUT2D eigenvalue weighted by Gasteiger charge is 2.18. The summed E-state index contributed by atoms with van der Waals surface area (Å²) in [6, 6.07) is 2.35. The Morgan fingerprint density at radius 3 is 2.47 bits per heavy atom. The Kier molecular flexibility index (Phi) is 2.85. The predicted molar refractivity (Wildman–Crippen MR) is 50.4 cm³/mol. The summed E-state index contributed by atoms with van der Waals surface area (Å²) in [6.07, 6.45) is 0. The highest BCUT2D eigenvalue weighted by atomic mass is 32.2. The topological polar surface area (TPSA) is 77.3 Å². The molecule has 0 atom stereocenters. The van der Waals surface area contributed by atoms with Crippen molar-refractivity contribution in [3.8, 4) is 0 Å². The highest BCUT2D eigenvalue weighted by molar-refractivity contribution is 7.94. The van der Waals surface area contributed by atoms with E-state index in [1.165, 1.54) is 0 Å². The van der Waals surface area contributed by atoms with Gasteiger partial charge >= 0.3 is 5.69 Å². The van der Waals surface area contributed by atoms with Gasteiger partial charge in [-0.25, -0.2) is 8.42 Å². The minimum absolute atomic E-state index is 0.361. The number of rotatable bonds is 3. The average molecular weight is 231 g/mol. The van der Waals surface area contributed by atoms with Crippen molar-refractivity contribution in [1.29, 1.82) is 0 Å². The molecule has 0 aliphatic carbocycles. The van der Waals surface area contributed by atoms with E-state index in [1.807, 2.05) is 0 Å². The molecule has 0 bridgehead atoms. The van der Waals surface area contributed by atoms with Gasteiger partial charge in [0.05, 0.1) is 9.82 Å². The van der Waals surface area contributed by atoms with Crippen molar-refractivity contribution >= 4 is 15.5 Å². The molecule has 0 aliphatic rings. The van der Waals surface area contributed by atoms with Crippen molar-refractivity contribution in [3.05, 3.63) is 46.1 Å². The fourth-order valence-electron chi connectivity index (χ4n) is 0.909. The van der Waals surface area contributed by atoms with Crippen LogP contribution in [0.2, 0.25) is 0 Å². The zero-order valence-electron chi connectivity index (χ0n) is 7.38. The molecule has 0 spiro atoms. The Morgan fingerprint density at radius 2 is 2.07 bits per heavy atom. The van der Waals surface area contributed by atoms with Crippen molar-refractivity contribution in [2.45, 2.75) is 4.90 Å². The first-order valence-corrected chi connectivity index (χ1v) is 5.24. The van der Waals surface area contributed by atoms with E-state index in [0.717, 1.165) is 12.1 Å². The number of sulfone groups is 1. The molecule has 0 amide bonds. The average Bonchev–Trinajstić information content (AvgIpc) is 2.17. The third kappa shape index (κ3) is 2.18. The van der Waals surface area contributed by atoms with Crippen LogP contribution in [0, 0.1) is 15.9 Å². The summed E-state index contributed by atoms with van der Waals surface area (Å²) >= 11 is 0. The van der Waals surface area contributed by atoms with E-state index in [9.17, 15) is 22.9 Å². The maximum atomic E-state index is 13.0. The van der Waals surface area contributed by atoms with E-state index in [1.54, 1.807) is 0 Å². The standard InChI is InChI=1S/C8H6FNO4S/c1-2-15(13,14)6-3-4-8(10(11)12)7(9)5-6/h2-5H,1H2. The molecule has 0 unspecified atom stereocenters. The van der Waals surface area contributed by atoms with Crippen molar-refractivity contribution in [2.75, 3.05) is 0 Å². The minimum atomic E-state index is -3.76. The monoisotopic (exact) mass is 231 g/mol. The lowest BCUT2D eigenvalue weighted by Gasteiger charge is -1.98. The Labute approximate surface area is 84.9 Å². The SMILES string of the molecule is C=CS(=O)(=O)c1ccc([N+](=O)[O-])c(F)c1. The van der Waals surface area contributed by atoms with Crippen molar-refractivity contribution in [3.63, 3.8) is 0 Å². The van der Waals surface area contributed by atoms with Crippen LogP contribution in [0.1, 0.15) is 0 Å². The predicted octanol–water partition coefficient (Wildman–Crippen LogP) is 1.65. The molecule has 1 aromatic carbocycles. The van der Waals surface area contributed by atoms with Crippen molar-refractivity contribution < 1.29 is 17.7 Å². The summed E-state index contributed by atoms with van der Waals surface area (Å²) in [4.78, 5) is 8.96. The molecule has 5 nitrogen and oxygen atoms in total. The number of nitro groups is 1. The van der Waals surface area contributed by atoms with Crippen LogP contribution in [0.4, 0.5) is 10.1 Å². The Hall–Kier alpha value is -1.76. The van der Waals surface area contributed by atoms with E-state index in [-0.39, 0.29) is 4.90 Å². The first kappa shape index (κ1) is 11.3. The Bertz CT molecular complexity index is 523. The van der Waals surface area contributed by atoms with Gasteiger partial charge in [-0.1, -0.05) is 6.58 Å². The second kappa shape index (κ2) is 3.77. The quantitative estimate of drug-likeness (QED) is 0.585. The fraction of sp³-hybridized carbons (Fsp3) is 0. The molecular formula is C8H6FNO4S. The molecule has 0 N–H and O–H groups in total. The first-order valence-electron chi connectivity index (χ1n) is 3.70. The molecule has 15 heavy (non-hydrogen) atoms. The van der Waals surface area contributed by atoms with Crippen LogP contribution >= 0.6 is 0 Å². The molecule has 0 heterocycles. The van der Waals surface area contributed by atoms with Crippen LogP contribution in [0.15, 0.2) is 35.1 Å².